The zero-order valence-corrected chi connectivity index (χ0v) is 11.4. The summed E-state index contributed by atoms with van der Waals surface area (Å²) in [5.74, 6) is -1.45. The van der Waals surface area contributed by atoms with Crippen molar-refractivity contribution in [1.29, 1.82) is 0 Å². The fraction of sp³-hybridized carbons (Fsp3) is 0.800. The Bertz CT molecular complexity index is 385. The van der Waals surface area contributed by atoms with Crippen LogP contribution in [0.5, 0.6) is 0 Å². The molecule has 0 spiro atoms. The number of esters is 1. The standard InChI is InChI=1S/C10H18O7S/c1-7(2)6-8(3)16-9(11)4-5-10(12)17-18(13,14)15/h7-8H,4-6H2,1-3H3,(H,13,14,15). The van der Waals surface area contributed by atoms with Crippen molar-refractivity contribution in [2.24, 2.45) is 5.92 Å². The molecule has 0 amide bonds. The van der Waals surface area contributed by atoms with E-state index in [0.29, 0.717) is 12.3 Å². The molecule has 0 aromatic carbocycles. The lowest BCUT2D eigenvalue weighted by molar-refractivity contribution is -0.151. The molecule has 0 aliphatic rings. The minimum atomic E-state index is -4.81. The van der Waals surface area contributed by atoms with Crippen molar-refractivity contribution < 1.29 is 31.5 Å². The van der Waals surface area contributed by atoms with Gasteiger partial charge in [-0.2, -0.15) is 8.42 Å². The molecule has 0 saturated carbocycles. The van der Waals surface area contributed by atoms with Crippen molar-refractivity contribution in [2.45, 2.75) is 46.1 Å². The van der Waals surface area contributed by atoms with Gasteiger partial charge in [0.1, 0.15) is 0 Å². The maximum Gasteiger partial charge on any atom is 0.448 e. The smallest absolute Gasteiger partial charge is 0.448 e. The van der Waals surface area contributed by atoms with Gasteiger partial charge < -0.3 is 8.92 Å². The van der Waals surface area contributed by atoms with Gasteiger partial charge in [-0.15, -0.1) is 0 Å². The van der Waals surface area contributed by atoms with E-state index in [4.69, 9.17) is 9.29 Å². The summed E-state index contributed by atoms with van der Waals surface area (Å²) in [5, 5.41) is 0. The van der Waals surface area contributed by atoms with E-state index >= 15 is 0 Å². The number of hydrogen-bond donors (Lipinski definition) is 1. The first kappa shape index (κ1) is 16.9. The van der Waals surface area contributed by atoms with Crippen LogP contribution in [0.25, 0.3) is 0 Å². The largest absolute Gasteiger partial charge is 0.463 e. The molecule has 1 unspecified atom stereocenters. The van der Waals surface area contributed by atoms with E-state index in [0.717, 1.165) is 0 Å². The predicted octanol–water partition coefficient (Wildman–Crippen LogP) is 1.09. The Balaban J connectivity index is 3.94. The van der Waals surface area contributed by atoms with Gasteiger partial charge in [0.2, 0.25) is 0 Å². The Kier molecular flexibility index (Phi) is 6.85. The molecule has 106 valence electrons. The Labute approximate surface area is 106 Å². The summed E-state index contributed by atoms with van der Waals surface area (Å²) in [5.41, 5.74) is 0. The molecule has 8 heteroatoms. The monoisotopic (exact) mass is 282 g/mol. The average Bonchev–Trinajstić information content (AvgIpc) is 2.10. The van der Waals surface area contributed by atoms with Crippen molar-refractivity contribution in [3.05, 3.63) is 0 Å². The molecule has 0 aromatic rings. The highest BCUT2D eigenvalue weighted by Gasteiger charge is 2.17. The first-order valence-electron chi connectivity index (χ1n) is 5.49. The quantitative estimate of drug-likeness (QED) is 0.550. The highest BCUT2D eigenvalue weighted by molar-refractivity contribution is 7.81. The lowest BCUT2D eigenvalue weighted by Gasteiger charge is -2.14. The summed E-state index contributed by atoms with van der Waals surface area (Å²) in [6.45, 7) is 5.69. The van der Waals surface area contributed by atoms with Crippen LogP contribution in [0.1, 0.15) is 40.0 Å². The van der Waals surface area contributed by atoms with E-state index < -0.39 is 28.8 Å². The summed E-state index contributed by atoms with van der Waals surface area (Å²) in [4.78, 5) is 22.1. The van der Waals surface area contributed by atoms with Crippen molar-refractivity contribution in [1.82, 2.24) is 0 Å². The van der Waals surface area contributed by atoms with Crippen LogP contribution in [0.4, 0.5) is 0 Å². The molecule has 0 rings (SSSR count). The Morgan fingerprint density at radius 3 is 2.06 bits per heavy atom. The lowest BCUT2D eigenvalue weighted by Crippen LogP contribution is -2.18. The van der Waals surface area contributed by atoms with Gasteiger partial charge in [0.05, 0.1) is 18.9 Å². The molecule has 0 heterocycles. The van der Waals surface area contributed by atoms with Crippen LogP contribution in [-0.2, 0) is 28.9 Å². The molecule has 0 aliphatic carbocycles. The third-order valence-electron chi connectivity index (χ3n) is 1.87. The molecule has 0 aromatic heterocycles. The third-order valence-corrected chi connectivity index (χ3v) is 2.26. The highest BCUT2D eigenvalue weighted by atomic mass is 32.3. The van der Waals surface area contributed by atoms with E-state index in [-0.39, 0.29) is 12.5 Å². The Morgan fingerprint density at radius 1 is 1.11 bits per heavy atom. The SMILES string of the molecule is CC(C)CC(C)OC(=O)CCC(=O)OS(=O)(=O)O. The molecule has 0 aliphatic heterocycles. The fourth-order valence-corrected chi connectivity index (χ4v) is 1.68. The zero-order valence-electron chi connectivity index (χ0n) is 10.6. The summed E-state index contributed by atoms with van der Waals surface area (Å²) in [6.07, 6.45) is -0.333. The van der Waals surface area contributed by atoms with E-state index in [1.54, 1.807) is 6.92 Å². The van der Waals surface area contributed by atoms with Gasteiger partial charge in [0.25, 0.3) is 0 Å². The van der Waals surface area contributed by atoms with Gasteiger partial charge in [-0.1, -0.05) is 13.8 Å². The first-order valence-corrected chi connectivity index (χ1v) is 6.86. The predicted molar refractivity (Wildman–Crippen MR) is 61.9 cm³/mol. The molecule has 0 radical (unpaired) electrons. The van der Waals surface area contributed by atoms with E-state index in [1.165, 1.54) is 0 Å². The minimum Gasteiger partial charge on any atom is -0.463 e. The second-order valence-electron chi connectivity index (χ2n) is 4.31. The first-order chi connectivity index (χ1) is 8.10. The van der Waals surface area contributed by atoms with Crippen LogP contribution >= 0.6 is 0 Å². The van der Waals surface area contributed by atoms with Crippen molar-refractivity contribution >= 4 is 22.3 Å². The van der Waals surface area contributed by atoms with Gasteiger partial charge in [-0.05, 0) is 19.3 Å². The van der Waals surface area contributed by atoms with Gasteiger partial charge in [0, 0.05) is 0 Å². The number of hydrogen-bond acceptors (Lipinski definition) is 6. The normalized spacial score (nSPS) is 13.2. The highest BCUT2D eigenvalue weighted by Crippen LogP contribution is 2.09. The van der Waals surface area contributed by atoms with Crippen molar-refractivity contribution in [3.63, 3.8) is 0 Å². The van der Waals surface area contributed by atoms with E-state index in [1.807, 2.05) is 13.8 Å². The van der Waals surface area contributed by atoms with Crippen LogP contribution in [0.2, 0.25) is 0 Å². The summed E-state index contributed by atoms with van der Waals surface area (Å²) < 4.78 is 37.2. The zero-order chi connectivity index (χ0) is 14.3. The average molecular weight is 282 g/mol. The van der Waals surface area contributed by atoms with E-state index in [2.05, 4.69) is 4.18 Å². The summed E-state index contributed by atoms with van der Waals surface area (Å²) in [6, 6.07) is 0. The van der Waals surface area contributed by atoms with Crippen LogP contribution < -0.4 is 0 Å². The third kappa shape index (κ3) is 10.0. The number of ether oxygens (including phenoxy) is 1. The maximum absolute atomic E-state index is 11.3. The van der Waals surface area contributed by atoms with Gasteiger partial charge >= 0.3 is 22.3 Å². The van der Waals surface area contributed by atoms with Crippen LogP contribution in [0, 0.1) is 5.92 Å². The summed E-state index contributed by atoms with van der Waals surface area (Å²) in [7, 11) is -4.81. The lowest BCUT2D eigenvalue weighted by atomic mass is 10.1. The summed E-state index contributed by atoms with van der Waals surface area (Å²) >= 11 is 0. The Morgan fingerprint density at radius 2 is 1.61 bits per heavy atom. The van der Waals surface area contributed by atoms with Crippen molar-refractivity contribution in [3.8, 4) is 0 Å². The van der Waals surface area contributed by atoms with Crippen molar-refractivity contribution in [2.75, 3.05) is 0 Å². The molecular weight excluding hydrogens is 264 g/mol. The van der Waals surface area contributed by atoms with E-state index in [9.17, 15) is 18.0 Å². The molecule has 1 atom stereocenters. The molecular formula is C10H18O7S. The van der Waals surface area contributed by atoms with Crippen LogP contribution in [0.3, 0.4) is 0 Å². The molecule has 0 bridgehead atoms. The maximum atomic E-state index is 11.3. The van der Waals surface area contributed by atoms with Gasteiger partial charge in [0.15, 0.2) is 0 Å². The molecule has 0 saturated heterocycles. The molecule has 1 N–H and O–H groups in total. The minimum absolute atomic E-state index is 0.268. The Hall–Kier alpha value is -1.15. The van der Waals surface area contributed by atoms with Gasteiger partial charge in [-0.25, -0.2) is 0 Å². The number of rotatable bonds is 7. The fourth-order valence-electron chi connectivity index (χ4n) is 1.36. The molecule has 0 fully saturated rings. The van der Waals surface area contributed by atoms with Gasteiger partial charge in [-0.3, -0.25) is 14.1 Å². The topological polar surface area (TPSA) is 107 Å². The molecule has 7 nitrogen and oxygen atoms in total. The second-order valence-corrected chi connectivity index (χ2v) is 5.34. The number of carbonyl (C=O) groups excluding carboxylic acids is 2. The number of carbonyl (C=O) groups is 2. The molecule has 18 heavy (non-hydrogen) atoms. The van der Waals surface area contributed by atoms with Crippen LogP contribution in [0.15, 0.2) is 0 Å². The second kappa shape index (κ2) is 7.32. The van der Waals surface area contributed by atoms with Crippen LogP contribution in [-0.4, -0.2) is 31.0 Å².